The number of carboxylic acid groups (broad SMARTS) is 1. The van der Waals surface area contributed by atoms with Crippen LogP contribution in [0.25, 0.3) is 0 Å². The van der Waals surface area contributed by atoms with Crippen molar-refractivity contribution < 1.29 is 14.5 Å². The van der Waals surface area contributed by atoms with Gasteiger partial charge in [0.05, 0.1) is 5.56 Å². The lowest BCUT2D eigenvalue weighted by Gasteiger charge is -2.15. The van der Waals surface area contributed by atoms with E-state index in [0.717, 1.165) is 23.5 Å². The van der Waals surface area contributed by atoms with Crippen LogP contribution in [0.1, 0.15) is 27.3 Å². The van der Waals surface area contributed by atoms with E-state index in [0.29, 0.717) is 18.5 Å². The molecule has 1 aromatic heterocycles. The third-order valence-electron chi connectivity index (χ3n) is 3.18. The molecule has 0 aliphatic carbocycles. The fraction of sp³-hybridized carbons (Fsp3) is 0.357. The largest absolute Gasteiger partial charge is 0.478 e. The number of hydrogen-bond donors (Lipinski definition) is 1. The van der Waals surface area contributed by atoms with Crippen LogP contribution in [-0.4, -0.2) is 39.9 Å². The topological polar surface area (TPSA) is 79.5 Å². The van der Waals surface area contributed by atoms with Crippen molar-refractivity contribution in [2.45, 2.75) is 19.9 Å². The lowest BCUT2D eigenvalue weighted by atomic mass is 10.0. The Morgan fingerprint density at radius 2 is 2.10 bits per heavy atom. The van der Waals surface area contributed by atoms with Gasteiger partial charge in [0.2, 0.25) is 0 Å². The molecule has 0 atom stereocenters. The predicted molar refractivity (Wildman–Crippen MR) is 72.5 cm³/mol. The Bertz CT molecular complexity index is 595. The molecule has 6 nitrogen and oxygen atoms in total. The number of carbonyl (C=O) groups is 1. The summed E-state index contributed by atoms with van der Waals surface area (Å²) in [6.45, 7) is 3.21. The second-order valence-corrected chi connectivity index (χ2v) is 4.75. The number of hydrogen-bond acceptors (Lipinski definition) is 5. The zero-order valence-electron chi connectivity index (χ0n) is 11.5. The van der Waals surface area contributed by atoms with Gasteiger partial charge in [0, 0.05) is 13.1 Å². The molecule has 1 heterocycles. The van der Waals surface area contributed by atoms with E-state index in [4.69, 9.17) is 5.11 Å². The van der Waals surface area contributed by atoms with Gasteiger partial charge in [-0.3, -0.25) is 0 Å². The van der Waals surface area contributed by atoms with Gasteiger partial charge in [-0.05, 0) is 32.0 Å². The second-order valence-electron chi connectivity index (χ2n) is 4.75. The lowest BCUT2D eigenvalue weighted by Crippen LogP contribution is -2.22. The first-order valence-electron chi connectivity index (χ1n) is 6.35. The van der Waals surface area contributed by atoms with E-state index in [9.17, 15) is 4.79 Å². The predicted octanol–water partition coefficient (Wildman–Crippen LogP) is 1.75. The number of aromatic carboxylic acids is 1. The van der Waals surface area contributed by atoms with Crippen molar-refractivity contribution in [3.8, 4) is 0 Å². The first-order chi connectivity index (χ1) is 9.58. The number of benzene rings is 1. The van der Waals surface area contributed by atoms with E-state index in [-0.39, 0.29) is 0 Å². The third kappa shape index (κ3) is 3.42. The lowest BCUT2D eigenvalue weighted by molar-refractivity contribution is 0.0695. The monoisotopic (exact) mass is 275 g/mol. The maximum atomic E-state index is 11.1. The molecule has 0 saturated heterocycles. The van der Waals surface area contributed by atoms with Crippen LogP contribution in [0.2, 0.25) is 0 Å². The summed E-state index contributed by atoms with van der Waals surface area (Å²) in [6, 6.07) is 7.07. The van der Waals surface area contributed by atoms with Crippen LogP contribution in [0.5, 0.6) is 0 Å². The van der Waals surface area contributed by atoms with Crippen LogP contribution in [0.3, 0.4) is 0 Å². The number of aryl methyl sites for hydroxylation is 1. The molecule has 0 aliphatic heterocycles. The maximum absolute atomic E-state index is 11.1. The first kappa shape index (κ1) is 14.2. The smallest absolute Gasteiger partial charge is 0.335 e. The van der Waals surface area contributed by atoms with Gasteiger partial charge in [-0.15, -0.1) is 0 Å². The molecule has 20 heavy (non-hydrogen) atoms. The summed E-state index contributed by atoms with van der Waals surface area (Å²) in [5.74, 6) is -0.889. The maximum Gasteiger partial charge on any atom is 0.335 e. The van der Waals surface area contributed by atoms with Gasteiger partial charge < -0.3 is 10.0 Å². The summed E-state index contributed by atoms with van der Waals surface area (Å²) in [7, 11) is 1.96. The van der Waals surface area contributed by atoms with Gasteiger partial charge in [-0.25, -0.2) is 9.42 Å². The molecule has 1 aromatic carbocycles. The van der Waals surface area contributed by atoms with Crippen LogP contribution in [0, 0.1) is 6.92 Å². The van der Waals surface area contributed by atoms with Crippen molar-refractivity contribution in [2.75, 3.05) is 13.6 Å². The summed E-state index contributed by atoms with van der Waals surface area (Å²) in [4.78, 5) is 13.2. The molecule has 0 radical (unpaired) electrons. The molecular formula is C14H17N3O3. The summed E-state index contributed by atoms with van der Waals surface area (Å²) < 4.78 is 4.66. The van der Waals surface area contributed by atoms with Crippen molar-refractivity contribution in [3.05, 3.63) is 46.8 Å². The van der Waals surface area contributed by atoms with Crippen molar-refractivity contribution in [1.82, 2.24) is 15.2 Å². The number of likely N-dealkylation sites (N-methyl/N-ethyl adjacent to an activating group) is 1. The SMILES string of the molecule is Cc1nonc1CN(C)CCc1ccccc1C(=O)O. The van der Waals surface area contributed by atoms with E-state index in [1.165, 1.54) is 0 Å². The highest BCUT2D eigenvalue weighted by molar-refractivity contribution is 5.89. The van der Waals surface area contributed by atoms with Crippen LogP contribution >= 0.6 is 0 Å². The minimum absolute atomic E-state index is 0.361. The molecule has 0 spiro atoms. The van der Waals surface area contributed by atoms with Crippen LogP contribution < -0.4 is 0 Å². The molecule has 2 rings (SSSR count). The molecule has 0 unspecified atom stereocenters. The Morgan fingerprint density at radius 1 is 1.35 bits per heavy atom. The number of rotatable bonds is 6. The zero-order valence-corrected chi connectivity index (χ0v) is 11.5. The van der Waals surface area contributed by atoms with Gasteiger partial charge in [0.1, 0.15) is 11.4 Å². The Balaban J connectivity index is 1.95. The van der Waals surface area contributed by atoms with Crippen molar-refractivity contribution in [2.24, 2.45) is 0 Å². The van der Waals surface area contributed by atoms with Gasteiger partial charge in [-0.2, -0.15) is 0 Å². The molecule has 0 aliphatic rings. The summed E-state index contributed by atoms with van der Waals surface area (Å²) >= 11 is 0. The quantitative estimate of drug-likeness (QED) is 0.865. The summed E-state index contributed by atoms with van der Waals surface area (Å²) in [6.07, 6.45) is 0.670. The first-order valence-corrected chi connectivity index (χ1v) is 6.35. The number of aromatic nitrogens is 2. The van der Waals surface area contributed by atoms with Crippen LogP contribution in [-0.2, 0) is 13.0 Å². The molecule has 0 amide bonds. The zero-order chi connectivity index (χ0) is 14.5. The normalized spacial score (nSPS) is 10.9. The average molecular weight is 275 g/mol. The average Bonchev–Trinajstić information content (AvgIpc) is 2.82. The molecule has 6 heteroatoms. The second kappa shape index (κ2) is 6.29. The number of carboxylic acids is 1. The van der Waals surface area contributed by atoms with Crippen molar-refractivity contribution in [3.63, 3.8) is 0 Å². The highest BCUT2D eigenvalue weighted by Gasteiger charge is 2.11. The highest BCUT2D eigenvalue weighted by Crippen LogP contribution is 2.11. The van der Waals surface area contributed by atoms with E-state index < -0.39 is 5.97 Å². The van der Waals surface area contributed by atoms with Crippen molar-refractivity contribution in [1.29, 1.82) is 0 Å². The van der Waals surface area contributed by atoms with Gasteiger partial charge in [0.25, 0.3) is 0 Å². The standard InChI is InChI=1S/C14H17N3O3/c1-10-13(16-20-15-10)9-17(2)8-7-11-5-3-4-6-12(11)14(18)19/h3-6H,7-9H2,1-2H3,(H,18,19). The van der Waals surface area contributed by atoms with Crippen LogP contribution in [0.4, 0.5) is 0 Å². The molecular weight excluding hydrogens is 258 g/mol. The minimum atomic E-state index is -0.889. The van der Waals surface area contributed by atoms with Gasteiger partial charge >= 0.3 is 5.97 Å². The van der Waals surface area contributed by atoms with E-state index in [1.807, 2.05) is 26.1 Å². The Kier molecular flexibility index (Phi) is 4.47. The van der Waals surface area contributed by atoms with Crippen molar-refractivity contribution >= 4 is 5.97 Å². The molecule has 0 saturated carbocycles. The Labute approximate surface area is 117 Å². The van der Waals surface area contributed by atoms with E-state index in [1.54, 1.807) is 12.1 Å². The Hall–Kier alpha value is -2.21. The summed E-state index contributed by atoms with van der Waals surface area (Å²) in [5, 5.41) is 16.7. The highest BCUT2D eigenvalue weighted by atomic mass is 16.6. The van der Waals surface area contributed by atoms with E-state index >= 15 is 0 Å². The van der Waals surface area contributed by atoms with E-state index in [2.05, 4.69) is 19.8 Å². The molecule has 106 valence electrons. The molecule has 0 bridgehead atoms. The molecule has 1 N–H and O–H groups in total. The molecule has 0 fully saturated rings. The fourth-order valence-corrected chi connectivity index (χ4v) is 1.99. The van der Waals surface area contributed by atoms with Gasteiger partial charge in [-0.1, -0.05) is 28.5 Å². The van der Waals surface area contributed by atoms with Gasteiger partial charge in [0.15, 0.2) is 0 Å². The molecule has 2 aromatic rings. The fourth-order valence-electron chi connectivity index (χ4n) is 1.99. The Morgan fingerprint density at radius 3 is 2.75 bits per heavy atom. The van der Waals surface area contributed by atoms with Crippen LogP contribution in [0.15, 0.2) is 28.9 Å². The number of nitrogens with zero attached hydrogens (tertiary/aromatic N) is 3. The minimum Gasteiger partial charge on any atom is -0.478 e. The summed E-state index contributed by atoms with van der Waals surface area (Å²) in [5.41, 5.74) is 2.78. The third-order valence-corrected chi connectivity index (χ3v) is 3.18.